The molecule has 0 bridgehead atoms. The maximum atomic E-state index is 13.1. The maximum absolute atomic E-state index is 13.1. The zero-order chi connectivity index (χ0) is 13.1. The summed E-state index contributed by atoms with van der Waals surface area (Å²) >= 11 is 6.71. The van der Waals surface area contributed by atoms with Crippen molar-refractivity contribution in [2.45, 2.75) is 6.61 Å². The van der Waals surface area contributed by atoms with Gasteiger partial charge in [0.2, 0.25) is 0 Å². The molecule has 0 aliphatic heterocycles. The fraction of sp³-hybridized carbons (Fsp3) is 0.0769. The minimum atomic E-state index is -0.295. The van der Waals surface area contributed by atoms with Crippen molar-refractivity contribution in [3.63, 3.8) is 0 Å². The van der Waals surface area contributed by atoms with Gasteiger partial charge >= 0.3 is 0 Å². The van der Waals surface area contributed by atoms with Gasteiger partial charge in [0.1, 0.15) is 12.4 Å². The van der Waals surface area contributed by atoms with E-state index in [1.807, 2.05) is 12.1 Å². The molecule has 0 spiro atoms. The average Bonchev–Trinajstić information content (AvgIpc) is 2.33. The quantitative estimate of drug-likeness (QED) is 0.802. The lowest BCUT2D eigenvalue weighted by atomic mass is 10.2. The van der Waals surface area contributed by atoms with Gasteiger partial charge in [-0.1, -0.05) is 22.0 Å². The summed E-state index contributed by atoms with van der Waals surface area (Å²) in [5, 5.41) is 0. The molecule has 2 nitrogen and oxygen atoms in total. The summed E-state index contributed by atoms with van der Waals surface area (Å²) in [5.41, 5.74) is 7.08. The van der Waals surface area contributed by atoms with Gasteiger partial charge in [-0.3, -0.25) is 0 Å². The van der Waals surface area contributed by atoms with E-state index in [1.165, 1.54) is 12.1 Å². The van der Waals surface area contributed by atoms with E-state index >= 15 is 0 Å². The van der Waals surface area contributed by atoms with Gasteiger partial charge in [-0.15, -0.1) is 0 Å². The van der Waals surface area contributed by atoms with Crippen LogP contribution >= 0.6 is 31.9 Å². The van der Waals surface area contributed by atoms with Crippen LogP contribution in [0.1, 0.15) is 5.56 Å². The van der Waals surface area contributed by atoms with Crippen molar-refractivity contribution in [3.05, 3.63) is 56.7 Å². The summed E-state index contributed by atoms with van der Waals surface area (Å²) in [6.45, 7) is 0.241. The first-order valence-electron chi connectivity index (χ1n) is 5.18. The van der Waals surface area contributed by atoms with Crippen molar-refractivity contribution in [1.82, 2.24) is 0 Å². The Balaban J connectivity index is 2.19. The lowest BCUT2D eigenvalue weighted by Gasteiger charge is -2.11. The Morgan fingerprint density at radius 2 is 1.89 bits per heavy atom. The van der Waals surface area contributed by atoms with Crippen molar-refractivity contribution in [3.8, 4) is 5.75 Å². The van der Waals surface area contributed by atoms with Crippen LogP contribution in [0.25, 0.3) is 0 Å². The van der Waals surface area contributed by atoms with Crippen LogP contribution in [-0.2, 0) is 6.61 Å². The van der Waals surface area contributed by atoms with Gasteiger partial charge in [0, 0.05) is 10.0 Å². The number of hydrogen-bond donors (Lipinski definition) is 1. The highest BCUT2D eigenvalue weighted by Crippen LogP contribution is 2.32. The van der Waals surface area contributed by atoms with Gasteiger partial charge < -0.3 is 10.5 Å². The first-order chi connectivity index (χ1) is 8.58. The maximum Gasteiger partial charge on any atom is 0.156 e. The smallest absolute Gasteiger partial charge is 0.156 e. The molecule has 0 aromatic heterocycles. The van der Waals surface area contributed by atoms with Gasteiger partial charge in [-0.25, -0.2) is 4.39 Å². The van der Waals surface area contributed by atoms with Crippen LogP contribution in [0.3, 0.4) is 0 Å². The molecular weight excluding hydrogens is 365 g/mol. The standard InChI is InChI=1S/C13H10Br2FNO/c14-10-5-4-9(16)6-8(10)7-18-13-11(15)2-1-3-12(13)17/h1-6H,7,17H2. The third kappa shape index (κ3) is 3.03. The third-order valence-electron chi connectivity index (χ3n) is 2.38. The van der Waals surface area contributed by atoms with Gasteiger partial charge in [0.15, 0.2) is 5.75 Å². The summed E-state index contributed by atoms with van der Waals surface area (Å²) in [5.74, 6) is 0.269. The molecule has 2 aromatic rings. The van der Waals surface area contributed by atoms with E-state index in [-0.39, 0.29) is 12.4 Å². The molecule has 0 amide bonds. The predicted molar refractivity (Wildman–Crippen MR) is 77.0 cm³/mol. The highest BCUT2D eigenvalue weighted by molar-refractivity contribution is 9.10. The molecular formula is C13H10Br2FNO. The average molecular weight is 375 g/mol. The molecule has 94 valence electrons. The predicted octanol–water partition coefficient (Wildman–Crippen LogP) is 4.51. The number of hydrogen-bond acceptors (Lipinski definition) is 2. The first kappa shape index (κ1) is 13.4. The molecule has 2 N–H and O–H groups in total. The van der Waals surface area contributed by atoms with Gasteiger partial charge in [0.25, 0.3) is 0 Å². The molecule has 18 heavy (non-hydrogen) atoms. The molecule has 0 unspecified atom stereocenters. The van der Waals surface area contributed by atoms with Gasteiger partial charge in [-0.05, 0) is 46.3 Å². The molecule has 0 heterocycles. The number of halogens is 3. The SMILES string of the molecule is Nc1cccc(Br)c1OCc1cc(F)ccc1Br. The second-order valence-corrected chi connectivity index (χ2v) is 5.39. The van der Waals surface area contributed by atoms with Crippen molar-refractivity contribution in [2.75, 3.05) is 5.73 Å². The molecule has 0 saturated heterocycles. The van der Waals surface area contributed by atoms with Crippen LogP contribution < -0.4 is 10.5 Å². The minimum absolute atomic E-state index is 0.241. The van der Waals surface area contributed by atoms with Crippen LogP contribution in [0.2, 0.25) is 0 Å². The largest absolute Gasteiger partial charge is 0.486 e. The second-order valence-electron chi connectivity index (χ2n) is 3.68. The fourth-order valence-electron chi connectivity index (χ4n) is 1.48. The molecule has 0 saturated carbocycles. The van der Waals surface area contributed by atoms with Crippen LogP contribution in [-0.4, -0.2) is 0 Å². The van der Waals surface area contributed by atoms with Crippen LogP contribution in [0.5, 0.6) is 5.75 Å². The Morgan fingerprint density at radius 1 is 1.11 bits per heavy atom. The zero-order valence-corrected chi connectivity index (χ0v) is 12.5. The molecule has 0 atom stereocenters. The summed E-state index contributed by atoms with van der Waals surface area (Å²) in [7, 11) is 0. The van der Waals surface area contributed by atoms with Crippen LogP contribution in [0.15, 0.2) is 45.3 Å². The van der Waals surface area contributed by atoms with E-state index in [0.717, 1.165) is 14.5 Å². The van der Waals surface area contributed by atoms with E-state index in [9.17, 15) is 4.39 Å². The Kier molecular flexibility index (Phi) is 4.24. The lowest BCUT2D eigenvalue weighted by molar-refractivity contribution is 0.304. The van der Waals surface area contributed by atoms with Gasteiger partial charge in [0.05, 0.1) is 10.2 Å². The van der Waals surface area contributed by atoms with Gasteiger partial charge in [-0.2, -0.15) is 0 Å². The highest BCUT2D eigenvalue weighted by Gasteiger charge is 2.07. The highest BCUT2D eigenvalue weighted by atomic mass is 79.9. The number of benzene rings is 2. The van der Waals surface area contributed by atoms with Crippen molar-refractivity contribution in [1.29, 1.82) is 0 Å². The molecule has 0 aliphatic carbocycles. The van der Waals surface area contributed by atoms with Crippen molar-refractivity contribution >= 4 is 37.5 Å². The number of rotatable bonds is 3. The van der Waals surface area contributed by atoms with E-state index in [1.54, 1.807) is 12.1 Å². The summed E-state index contributed by atoms with van der Waals surface area (Å²) in [6, 6.07) is 9.88. The Bertz CT molecular complexity index is 555. The van der Waals surface area contributed by atoms with Crippen molar-refractivity contribution in [2.24, 2.45) is 0 Å². The van der Waals surface area contributed by atoms with E-state index in [2.05, 4.69) is 31.9 Å². The van der Waals surface area contributed by atoms with E-state index in [4.69, 9.17) is 10.5 Å². The Labute approximate surface area is 121 Å². The van der Waals surface area contributed by atoms with Crippen molar-refractivity contribution < 1.29 is 9.13 Å². The Hall–Kier alpha value is -1.07. The molecule has 2 aromatic carbocycles. The van der Waals surface area contributed by atoms with Crippen LogP contribution in [0, 0.1) is 5.82 Å². The minimum Gasteiger partial charge on any atom is -0.486 e. The first-order valence-corrected chi connectivity index (χ1v) is 6.77. The number of ether oxygens (including phenoxy) is 1. The monoisotopic (exact) mass is 373 g/mol. The van der Waals surface area contributed by atoms with E-state index in [0.29, 0.717) is 11.4 Å². The molecule has 2 rings (SSSR count). The second kappa shape index (κ2) is 5.71. The zero-order valence-electron chi connectivity index (χ0n) is 9.29. The topological polar surface area (TPSA) is 35.2 Å². The molecule has 0 aliphatic rings. The van der Waals surface area contributed by atoms with Crippen LogP contribution in [0.4, 0.5) is 10.1 Å². The number of nitrogen functional groups attached to an aromatic ring is 1. The summed E-state index contributed by atoms with van der Waals surface area (Å²) in [6.07, 6.45) is 0. The lowest BCUT2D eigenvalue weighted by Crippen LogP contribution is -2.00. The number of para-hydroxylation sites is 1. The molecule has 5 heteroatoms. The summed E-state index contributed by atoms with van der Waals surface area (Å²) in [4.78, 5) is 0. The number of anilines is 1. The Morgan fingerprint density at radius 3 is 2.61 bits per heavy atom. The number of nitrogens with two attached hydrogens (primary N) is 1. The van der Waals surface area contributed by atoms with E-state index < -0.39 is 0 Å². The molecule has 0 radical (unpaired) electrons. The summed E-state index contributed by atoms with van der Waals surface area (Å²) < 4.78 is 20.3. The normalized spacial score (nSPS) is 10.4. The molecule has 0 fully saturated rings. The fourth-order valence-corrected chi connectivity index (χ4v) is 2.34. The third-order valence-corrected chi connectivity index (χ3v) is 3.78.